The average molecular weight is 321 g/mol. The standard InChI is InChI=1S/C16H23N3O2S/c1-3-19-14(2)16(13-17-19)22(20,21)18-12-8-7-11-15-9-5-4-6-10-15/h4-6,9-10,13,18H,3,7-8,11-12H2,1-2H3. The molecule has 0 fully saturated rings. The lowest BCUT2D eigenvalue weighted by atomic mass is 10.1. The molecule has 1 aromatic heterocycles. The average Bonchev–Trinajstić information content (AvgIpc) is 2.89. The maximum Gasteiger partial charge on any atom is 0.243 e. The molecule has 0 amide bonds. The van der Waals surface area contributed by atoms with Gasteiger partial charge < -0.3 is 0 Å². The monoisotopic (exact) mass is 321 g/mol. The fraction of sp³-hybridized carbons (Fsp3) is 0.438. The van der Waals surface area contributed by atoms with Crippen LogP contribution < -0.4 is 4.72 Å². The highest BCUT2D eigenvalue weighted by Gasteiger charge is 2.19. The first-order valence-corrected chi connectivity index (χ1v) is 9.09. The van der Waals surface area contributed by atoms with Gasteiger partial charge in [0, 0.05) is 13.1 Å². The second-order valence-corrected chi connectivity index (χ2v) is 6.99. The Hall–Kier alpha value is -1.66. The minimum absolute atomic E-state index is 0.275. The molecule has 0 unspecified atom stereocenters. The molecular formula is C16H23N3O2S. The summed E-state index contributed by atoms with van der Waals surface area (Å²) in [4.78, 5) is 0.275. The molecule has 2 rings (SSSR count). The SMILES string of the molecule is CCn1ncc(S(=O)(=O)NCCCCc2ccccc2)c1C. The highest BCUT2D eigenvalue weighted by Crippen LogP contribution is 2.14. The van der Waals surface area contributed by atoms with Crippen LogP contribution in [0, 0.1) is 6.92 Å². The number of benzene rings is 1. The van der Waals surface area contributed by atoms with Gasteiger partial charge in [-0.1, -0.05) is 30.3 Å². The van der Waals surface area contributed by atoms with Gasteiger partial charge in [-0.25, -0.2) is 13.1 Å². The van der Waals surface area contributed by atoms with E-state index in [-0.39, 0.29) is 4.90 Å². The van der Waals surface area contributed by atoms with E-state index in [0.717, 1.165) is 19.3 Å². The van der Waals surface area contributed by atoms with E-state index >= 15 is 0 Å². The summed E-state index contributed by atoms with van der Waals surface area (Å²) in [5, 5.41) is 4.08. The van der Waals surface area contributed by atoms with E-state index in [2.05, 4.69) is 22.0 Å². The molecule has 22 heavy (non-hydrogen) atoms. The Balaban J connectivity index is 1.81. The smallest absolute Gasteiger partial charge is 0.243 e. The molecule has 0 bridgehead atoms. The summed E-state index contributed by atoms with van der Waals surface area (Å²) in [5.74, 6) is 0. The normalized spacial score (nSPS) is 11.7. The second-order valence-electron chi connectivity index (χ2n) is 5.25. The fourth-order valence-electron chi connectivity index (χ4n) is 2.40. The Labute approximate surface area is 132 Å². The summed E-state index contributed by atoms with van der Waals surface area (Å²) in [6, 6.07) is 10.2. The molecule has 0 aliphatic carbocycles. The molecule has 0 atom stereocenters. The molecule has 0 aliphatic heterocycles. The zero-order chi connectivity index (χ0) is 16.0. The van der Waals surface area contributed by atoms with Gasteiger partial charge in [0.25, 0.3) is 0 Å². The maximum absolute atomic E-state index is 12.3. The van der Waals surface area contributed by atoms with E-state index in [1.165, 1.54) is 11.8 Å². The second kappa shape index (κ2) is 7.56. The predicted molar refractivity (Wildman–Crippen MR) is 87.2 cm³/mol. The molecule has 1 N–H and O–H groups in total. The van der Waals surface area contributed by atoms with Crippen LogP contribution >= 0.6 is 0 Å². The summed E-state index contributed by atoms with van der Waals surface area (Å²) >= 11 is 0. The van der Waals surface area contributed by atoms with Crippen molar-refractivity contribution in [3.8, 4) is 0 Å². The van der Waals surface area contributed by atoms with E-state index in [4.69, 9.17) is 0 Å². The number of hydrogen-bond acceptors (Lipinski definition) is 3. The van der Waals surface area contributed by atoms with Gasteiger partial charge in [0.1, 0.15) is 4.90 Å². The van der Waals surface area contributed by atoms with Crippen molar-refractivity contribution in [3.63, 3.8) is 0 Å². The molecule has 1 heterocycles. The van der Waals surface area contributed by atoms with Crippen LogP contribution in [-0.2, 0) is 23.0 Å². The third-order valence-electron chi connectivity index (χ3n) is 3.67. The molecule has 0 aliphatic rings. The zero-order valence-electron chi connectivity index (χ0n) is 13.1. The number of sulfonamides is 1. The van der Waals surface area contributed by atoms with E-state index < -0.39 is 10.0 Å². The third-order valence-corrected chi connectivity index (χ3v) is 5.24. The highest BCUT2D eigenvalue weighted by atomic mass is 32.2. The number of hydrogen-bond donors (Lipinski definition) is 1. The Morgan fingerprint density at radius 3 is 2.55 bits per heavy atom. The molecule has 1 aromatic carbocycles. The number of aromatic nitrogens is 2. The van der Waals surface area contributed by atoms with Gasteiger partial charge in [0.2, 0.25) is 10.0 Å². The molecule has 0 saturated carbocycles. The number of aryl methyl sites for hydroxylation is 2. The lowest BCUT2D eigenvalue weighted by Crippen LogP contribution is -2.25. The molecule has 0 saturated heterocycles. The maximum atomic E-state index is 12.3. The van der Waals surface area contributed by atoms with Crippen molar-refractivity contribution in [2.45, 2.75) is 44.6 Å². The molecule has 5 nitrogen and oxygen atoms in total. The van der Waals surface area contributed by atoms with Gasteiger partial charge in [-0.3, -0.25) is 4.68 Å². The number of nitrogens with zero attached hydrogens (tertiary/aromatic N) is 2. The van der Waals surface area contributed by atoms with Crippen molar-refractivity contribution in [3.05, 3.63) is 47.8 Å². The van der Waals surface area contributed by atoms with Gasteiger partial charge in [-0.2, -0.15) is 5.10 Å². The van der Waals surface area contributed by atoms with Crippen LogP contribution in [0.25, 0.3) is 0 Å². The lowest BCUT2D eigenvalue weighted by molar-refractivity contribution is 0.574. The van der Waals surface area contributed by atoms with Gasteiger partial charge in [-0.15, -0.1) is 0 Å². The Morgan fingerprint density at radius 2 is 1.91 bits per heavy atom. The highest BCUT2D eigenvalue weighted by molar-refractivity contribution is 7.89. The fourth-order valence-corrected chi connectivity index (χ4v) is 3.64. The van der Waals surface area contributed by atoms with Crippen LogP contribution in [0.5, 0.6) is 0 Å². The summed E-state index contributed by atoms with van der Waals surface area (Å²) in [7, 11) is -3.46. The van der Waals surface area contributed by atoms with Crippen molar-refractivity contribution < 1.29 is 8.42 Å². The summed E-state index contributed by atoms with van der Waals surface area (Å²) in [6.45, 7) is 4.83. The summed E-state index contributed by atoms with van der Waals surface area (Å²) < 4.78 is 28.8. The Kier molecular flexibility index (Phi) is 5.74. The summed E-state index contributed by atoms with van der Waals surface area (Å²) in [5.41, 5.74) is 1.96. The molecule has 120 valence electrons. The summed E-state index contributed by atoms with van der Waals surface area (Å²) in [6.07, 6.45) is 4.16. The van der Waals surface area contributed by atoms with Crippen LogP contribution in [0.15, 0.2) is 41.4 Å². The lowest BCUT2D eigenvalue weighted by Gasteiger charge is -2.07. The minimum atomic E-state index is -3.46. The number of unbranched alkanes of at least 4 members (excludes halogenated alkanes) is 1. The quantitative estimate of drug-likeness (QED) is 0.760. The minimum Gasteiger partial charge on any atom is -0.269 e. The first kappa shape index (κ1) is 16.7. The molecule has 6 heteroatoms. The van der Waals surface area contributed by atoms with Crippen LogP contribution in [0.1, 0.15) is 31.0 Å². The largest absolute Gasteiger partial charge is 0.269 e. The van der Waals surface area contributed by atoms with Crippen LogP contribution in [0.2, 0.25) is 0 Å². The number of nitrogens with one attached hydrogen (secondary N) is 1. The molecular weight excluding hydrogens is 298 g/mol. The first-order chi connectivity index (χ1) is 10.5. The first-order valence-electron chi connectivity index (χ1n) is 7.60. The van der Waals surface area contributed by atoms with Crippen molar-refractivity contribution in [1.82, 2.24) is 14.5 Å². The van der Waals surface area contributed by atoms with Gasteiger partial charge in [0.15, 0.2) is 0 Å². The van der Waals surface area contributed by atoms with E-state index in [9.17, 15) is 8.42 Å². The van der Waals surface area contributed by atoms with Crippen molar-refractivity contribution >= 4 is 10.0 Å². The van der Waals surface area contributed by atoms with Crippen LogP contribution in [0.4, 0.5) is 0 Å². The van der Waals surface area contributed by atoms with Gasteiger partial charge in [0.05, 0.1) is 11.9 Å². The van der Waals surface area contributed by atoms with E-state index in [0.29, 0.717) is 18.8 Å². The van der Waals surface area contributed by atoms with E-state index in [1.54, 1.807) is 11.6 Å². The van der Waals surface area contributed by atoms with Crippen LogP contribution in [0.3, 0.4) is 0 Å². The van der Waals surface area contributed by atoms with Gasteiger partial charge >= 0.3 is 0 Å². The molecule has 0 spiro atoms. The predicted octanol–water partition coefficient (Wildman–Crippen LogP) is 2.51. The zero-order valence-corrected chi connectivity index (χ0v) is 13.9. The van der Waals surface area contributed by atoms with Crippen molar-refractivity contribution in [1.29, 1.82) is 0 Å². The Bertz CT molecular complexity index is 693. The number of rotatable bonds is 8. The van der Waals surface area contributed by atoms with Crippen LogP contribution in [-0.4, -0.2) is 24.7 Å². The van der Waals surface area contributed by atoms with Gasteiger partial charge in [-0.05, 0) is 38.7 Å². The third kappa shape index (κ3) is 4.18. The molecule has 2 aromatic rings. The van der Waals surface area contributed by atoms with Crippen molar-refractivity contribution in [2.24, 2.45) is 0 Å². The molecule has 0 radical (unpaired) electrons. The topological polar surface area (TPSA) is 64.0 Å². The Morgan fingerprint density at radius 1 is 1.18 bits per heavy atom. The van der Waals surface area contributed by atoms with E-state index in [1.807, 2.05) is 25.1 Å². The van der Waals surface area contributed by atoms with Crippen molar-refractivity contribution in [2.75, 3.05) is 6.54 Å².